The van der Waals surface area contributed by atoms with E-state index in [0.717, 1.165) is 6.42 Å². The third-order valence-corrected chi connectivity index (χ3v) is 17.8. The van der Waals surface area contributed by atoms with E-state index in [0.29, 0.717) is 0 Å². The maximum atomic E-state index is 11.8. The van der Waals surface area contributed by atoms with Crippen LogP contribution in [0.2, 0.25) is 36.3 Å². The first kappa shape index (κ1) is 35.5. The standard InChI is InChI=1S/C29H60O5Si2/c1-20(17-18-25(31)32-12)26(33-35(13,14)28(6,7)8)21(2)19-22(3)27(23(4)24(5)30)34-36(15,16)29(9,10)11/h17-18,20-24,26-27,30H,19H2,1-16H3/b18-17-. The Hall–Kier alpha value is -0.476. The van der Waals surface area contributed by atoms with Crippen molar-refractivity contribution in [2.24, 2.45) is 23.7 Å². The summed E-state index contributed by atoms with van der Waals surface area (Å²) in [5.41, 5.74) is 0. The summed E-state index contributed by atoms with van der Waals surface area (Å²) in [5.74, 6) is 0.203. The Morgan fingerprint density at radius 3 is 1.56 bits per heavy atom. The SMILES string of the molecule is COC(=O)/C=C\C(C)C(O[Si](C)(C)C(C)(C)C)C(C)CC(C)C(O[Si](C)(C)C(C)(C)C)C(C)C(C)O. The third kappa shape index (κ3) is 10.4. The van der Waals surface area contributed by atoms with Crippen LogP contribution < -0.4 is 0 Å². The average molecular weight is 545 g/mol. The van der Waals surface area contributed by atoms with Gasteiger partial charge in [-0.25, -0.2) is 4.79 Å². The molecule has 36 heavy (non-hydrogen) atoms. The van der Waals surface area contributed by atoms with Crippen LogP contribution in [0.4, 0.5) is 0 Å². The van der Waals surface area contributed by atoms with Crippen LogP contribution in [0.5, 0.6) is 0 Å². The molecule has 0 aliphatic carbocycles. The number of aliphatic hydroxyl groups excluding tert-OH is 1. The van der Waals surface area contributed by atoms with Crippen LogP contribution in [0.15, 0.2) is 12.2 Å². The van der Waals surface area contributed by atoms with Gasteiger partial charge in [-0.3, -0.25) is 0 Å². The van der Waals surface area contributed by atoms with Gasteiger partial charge in [-0.15, -0.1) is 0 Å². The lowest BCUT2D eigenvalue weighted by atomic mass is 9.81. The van der Waals surface area contributed by atoms with Crippen molar-refractivity contribution in [2.75, 3.05) is 7.11 Å². The van der Waals surface area contributed by atoms with Gasteiger partial charge < -0.3 is 18.7 Å². The van der Waals surface area contributed by atoms with Gasteiger partial charge in [-0.2, -0.15) is 0 Å². The van der Waals surface area contributed by atoms with Gasteiger partial charge in [0, 0.05) is 12.0 Å². The zero-order valence-electron chi connectivity index (χ0n) is 26.5. The Kier molecular flexibility index (Phi) is 13.4. The first-order valence-electron chi connectivity index (χ1n) is 13.8. The third-order valence-electron chi connectivity index (χ3n) is 8.87. The molecule has 0 bridgehead atoms. The smallest absolute Gasteiger partial charge is 0.330 e. The van der Waals surface area contributed by atoms with E-state index < -0.39 is 22.7 Å². The quantitative estimate of drug-likeness (QED) is 0.145. The van der Waals surface area contributed by atoms with E-state index in [9.17, 15) is 9.90 Å². The molecule has 0 aliphatic heterocycles. The van der Waals surface area contributed by atoms with E-state index in [1.165, 1.54) is 13.2 Å². The summed E-state index contributed by atoms with van der Waals surface area (Å²) in [5, 5.41) is 10.7. The van der Waals surface area contributed by atoms with Crippen LogP contribution in [0, 0.1) is 23.7 Å². The number of aliphatic hydroxyl groups is 1. The summed E-state index contributed by atoms with van der Waals surface area (Å²) >= 11 is 0. The number of ether oxygens (including phenoxy) is 1. The van der Waals surface area contributed by atoms with Gasteiger partial charge in [0.2, 0.25) is 0 Å². The molecule has 0 heterocycles. The summed E-state index contributed by atoms with van der Waals surface area (Å²) in [6.07, 6.45) is 3.83. The molecule has 0 fully saturated rings. The van der Waals surface area contributed by atoms with E-state index >= 15 is 0 Å². The van der Waals surface area contributed by atoms with E-state index in [2.05, 4.69) is 95.4 Å². The Balaban J connectivity index is 6.11. The van der Waals surface area contributed by atoms with Crippen molar-refractivity contribution in [1.29, 1.82) is 0 Å². The lowest BCUT2D eigenvalue weighted by molar-refractivity contribution is -0.134. The number of hydrogen-bond acceptors (Lipinski definition) is 5. The zero-order valence-corrected chi connectivity index (χ0v) is 28.5. The second-order valence-electron chi connectivity index (χ2n) is 14.2. The fraction of sp³-hybridized carbons (Fsp3) is 0.897. The van der Waals surface area contributed by atoms with Crippen LogP contribution in [0.25, 0.3) is 0 Å². The maximum absolute atomic E-state index is 11.8. The highest BCUT2D eigenvalue weighted by molar-refractivity contribution is 6.74. The zero-order chi connectivity index (χ0) is 28.9. The Labute approximate surface area is 226 Å². The summed E-state index contributed by atoms with van der Waals surface area (Å²) < 4.78 is 18.8. The van der Waals surface area contributed by atoms with Crippen molar-refractivity contribution in [3.05, 3.63) is 12.2 Å². The minimum absolute atomic E-state index is 0.0257. The molecule has 0 aromatic rings. The molecule has 0 saturated carbocycles. The van der Waals surface area contributed by atoms with E-state index in [1.54, 1.807) is 0 Å². The molecule has 214 valence electrons. The molecule has 7 atom stereocenters. The summed E-state index contributed by atoms with van der Waals surface area (Å²) in [7, 11) is -2.68. The highest BCUT2D eigenvalue weighted by Crippen LogP contribution is 2.42. The molecule has 0 aliphatic rings. The fourth-order valence-electron chi connectivity index (χ4n) is 4.05. The minimum Gasteiger partial charge on any atom is -0.466 e. The lowest BCUT2D eigenvalue weighted by Gasteiger charge is -2.45. The minimum atomic E-state index is -2.05. The van der Waals surface area contributed by atoms with Gasteiger partial charge in [-0.05, 0) is 67.4 Å². The number of hydrogen-bond donors (Lipinski definition) is 1. The molecular weight excluding hydrogens is 484 g/mol. The summed E-state index contributed by atoms with van der Waals surface area (Å²) in [4.78, 5) is 11.8. The predicted molar refractivity (Wildman–Crippen MR) is 158 cm³/mol. The Morgan fingerprint density at radius 2 is 1.19 bits per heavy atom. The van der Waals surface area contributed by atoms with Crippen LogP contribution in [0.3, 0.4) is 0 Å². The number of carbonyl (C=O) groups excluding carboxylic acids is 1. The largest absolute Gasteiger partial charge is 0.466 e. The molecule has 0 spiro atoms. The van der Waals surface area contributed by atoms with Crippen LogP contribution in [-0.2, 0) is 18.4 Å². The predicted octanol–water partition coefficient (Wildman–Crippen LogP) is 7.81. The number of rotatable bonds is 13. The van der Waals surface area contributed by atoms with Crippen LogP contribution in [-0.4, -0.2) is 53.1 Å². The Morgan fingerprint density at radius 1 is 0.806 bits per heavy atom. The topological polar surface area (TPSA) is 65.0 Å². The van der Waals surface area contributed by atoms with Crippen LogP contribution in [0.1, 0.15) is 82.6 Å². The number of carbonyl (C=O) groups is 1. The van der Waals surface area contributed by atoms with Gasteiger partial charge in [0.25, 0.3) is 0 Å². The van der Waals surface area contributed by atoms with Gasteiger partial charge in [-0.1, -0.05) is 75.3 Å². The first-order valence-corrected chi connectivity index (χ1v) is 19.6. The monoisotopic (exact) mass is 544 g/mol. The van der Waals surface area contributed by atoms with Crippen molar-refractivity contribution in [3.63, 3.8) is 0 Å². The van der Waals surface area contributed by atoms with E-state index in [4.69, 9.17) is 13.6 Å². The molecule has 5 nitrogen and oxygen atoms in total. The molecule has 0 amide bonds. The van der Waals surface area contributed by atoms with E-state index in [-0.39, 0.29) is 51.9 Å². The second-order valence-corrected chi connectivity index (χ2v) is 23.7. The molecule has 1 N–H and O–H groups in total. The van der Waals surface area contributed by atoms with E-state index in [1.807, 2.05) is 13.0 Å². The van der Waals surface area contributed by atoms with Gasteiger partial charge in [0.1, 0.15) is 0 Å². The van der Waals surface area contributed by atoms with Gasteiger partial charge >= 0.3 is 5.97 Å². The first-order chi connectivity index (χ1) is 16.0. The Bertz CT molecular complexity index is 703. The second kappa shape index (κ2) is 13.5. The highest BCUT2D eigenvalue weighted by Gasteiger charge is 2.44. The number of methoxy groups -OCH3 is 1. The van der Waals surface area contributed by atoms with Gasteiger partial charge in [0.15, 0.2) is 16.6 Å². The molecule has 0 radical (unpaired) electrons. The average Bonchev–Trinajstić information content (AvgIpc) is 2.71. The van der Waals surface area contributed by atoms with Crippen molar-refractivity contribution < 1.29 is 23.5 Å². The van der Waals surface area contributed by atoms with Crippen LogP contribution >= 0.6 is 0 Å². The normalized spacial score (nSPS) is 19.9. The highest BCUT2D eigenvalue weighted by atomic mass is 28.4. The van der Waals surface area contributed by atoms with Crippen molar-refractivity contribution >= 4 is 22.6 Å². The molecule has 0 aromatic heterocycles. The molecule has 0 aromatic carbocycles. The molecule has 0 saturated heterocycles. The molecule has 7 unspecified atom stereocenters. The number of esters is 1. The van der Waals surface area contributed by atoms with Crippen molar-refractivity contribution in [3.8, 4) is 0 Å². The van der Waals surface area contributed by atoms with Crippen molar-refractivity contribution in [2.45, 2.75) is 137 Å². The summed E-state index contributed by atoms with van der Waals surface area (Å²) in [6, 6.07) is 0. The molecule has 7 heteroatoms. The van der Waals surface area contributed by atoms with Crippen molar-refractivity contribution in [1.82, 2.24) is 0 Å². The maximum Gasteiger partial charge on any atom is 0.330 e. The fourth-order valence-corrected chi connectivity index (χ4v) is 7.02. The van der Waals surface area contributed by atoms with Gasteiger partial charge in [0.05, 0.1) is 25.4 Å². The lowest BCUT2D eigenvalue weighted by Crippen LogP contribution is -2.50. The molecule has 0 rings (SSSR count). The molecular formula is C29H60O5Si2. The summed E-state index contributed by atoms with van der Waals surface area (Å²) in [6.45, 7) is 33.3.